The number of nitrogens with zero attached hydrogens (tertiary/aromatic N) is 3. The summed E-state index contributed by atoms with van der Waals surface area (Å²) in [4.78, 5) is 20.9. The van der Waals surface area contributed by atoms with Gasteiger partial charge >= 0.3 is 0 Å². The lowest BCUT2D eigenvalue weighted by Crippen LogP contribution is -2.46. The first-order valence-electron chi connectivity index (χ1n) is 11.4. The predicted molar refractivity (Wildman–Crippen MR) is 120 cm³/mol. The van der Waals surface area contributed by atoms with E-state index < -0.39 is 0 Å². The van der Waals surface area contributed by atoms with Crippen LogP contribution in [0.4, 0.5) is 11.4 Å². The van der Waals surface area contributed by atoms with Crippen LogP contribution in [0.1, 0.15) is 30.4 Å². The van der Waals surface area contributed by atoms with E-state index in [9.17, 15) is 4.79 Å². The number of rotatable bonds is 7. The summed E-state index contributed by atoms with van der Waals surface area (Å²) in [6.07, 6.45) is 6.22. The highest BCUT2D eigenvalue weighted by Gasteiger charge is 2.23. The Balaban J connectivity index is 1.02. The van der Waals surface area contributed by atoms with Crippen molar-refractivity contribution < 1.29 is 14.3 Å². The fourth-order valence-corrected chi connectivity index (χ4v) is 4.59. The van der Waals surface area contributed by atoms with Gasteiger partial charge < -0.3 is 19.7 Å². The van der Waals surface area contributed by atoms with Crippen molar-refractivity contribution >= 4 is 17.3 Å². The zero-order valence-corrected chi connectivity index (χ0v) is 17.9. The molecule has 0 saturated carbocycles. The number of nitrogens with one attached hydrogen (secondary N) is 1. The molecule has 1 aromatic heterocycles. The van der Waals surface area contributed by atoms with E-state index in [1.807, 2.05) is 12.3 Å². The van der Waals surface area contributed by atoms with Crippen molar-refractivity contribution in [3.8, 4) is 11.6 Å². The molecular weight excluding hydrogens is 392 g/mol. The third-order valence-corrected chi connectivity index (χ3v) is 6.38. The number of amides is 1. The van der Waals surface area contributed by atoms with Gasteiger partial charge in [-0.05, 0) is 43.0 Å². The Labute approximate surface area is 183 Å². The number of fused-ring (bicyclic) bond motifs is 2. The molecule has 164 valence electrons. The van der Waals surface area contributed by atoms with Crippen LogP contribution < -0.4 is 19.7 Å². The Morgan fingerprint density at radius 1 is 1.06 bits per heavy atom. The molecular formula is C24H30N4O3. The van der Waals surface area contributed by atoms with Crippen molar-refractivity contribution in [1.29, 1.82) is 0 Å². The first-order chi connectivity index (χ1) is 15.3. The Morgan fingerprint density at radius 2 is 1.97 bits per heavy atom. The van der Waals surface area contributed by atoms with Crippen LogP contribution in [-0.4, -0.2) is 61.7 Å². The summed E-state index contributed by atoms with van der Waals surface area (Å²) in [5.74, 6) is 1.75. The zero-order valence-electron chi connectivity index (χ0n) is 17.9. The molecule has 1 aromatic carbocycles. The number of hydrogen-bond acceptors (Lipinski definition) is 6. The highest BCUT2D eigenvalue weighted by molar-refractivity contribution is 5.93. The SMILES string of the molecule is O=C1CCc2cnc(OCCCCN3CCN(c4cccc5c4OCC5)CC3)cc2N1. The quantitative estimate of drug-likeness (QED) is 0.692. The van der Waals surface area contributed by atoms with E-state index in [1.54, 1.807) is 0 Å². The van der Waals surface area contributed by atoms with Crippen LogP contribution in [-0.2, 0) is 17.6 Å². The molecule has 2 aromatic rings. The summed E-state index contributed by atoms with van der Waals surface area (Å²) in [7, 11) is 0. The lowest BCUT2D eigenvalue weighted by molar-refractivity contribution is -0.116. The van der Waals surface area contributed by atoms with Crippen LogP contribution >= 0.6 is 0 Å². The Hall–Kier alpha value is -2.80. The molecule has 0 unspecified atom stereocenters. The molecule has 7 heteroatoms. The number of benzene rings is 1. The molecule has 0 atom stereocenters. The summed E-state index contributed by atoms with van der Waals surface area (Å²) >= 11 is 0. The molecule has 0 spiro atoms. The number of unbranched alkanes of at least 4 members (excludes halogenated alkanes) is 1. The highest BCUT2D eigenvalue weighted by atomic mass is 16.5. The molecule has 3 aliphatic rings. The number of carbonyl (C=O) groups is 1. The van der Waals surface area contributed by atoms with Gasteiger partial charge in [0, 0.05) is 51.3 Å². The molecule has 1 N–H and O–H groups in total. The number of aryl methyl sites for hydroxylation is 1. The number of pyridine rings is 1. The average molecular weight is 423 g/mol. The first-order valence-corrected chi connectivity index (χ1v) is 11.4. The van der Waals surface area contributed by atoms with Crippen molar-refractivity contribution in [2.45, 2.75) is 32.1 Å². The maximum Gasteiger partial charge on any atom is 0.224 e. The van der Waals surface area contributed by atoms with Gasteiger partial charge in [0.1, 0.15) is 5.75 Å². The van der Waals surface area contributed by atoms with Crippen molar-refractivity contribution in [2.75, 3.05) is 56.2 Å². The summed E-state index contributed by atoms with van der Waals surface area (Å²) in [6.45, 7) is 6.79. The molecule has 1 amide bonds. The van der Waals surface area contributed by atoms with Crippen LogP contribution in [0.5, 0.6) is 11.6 Å². The number of piperazine rings is 1. The van der Waals surface area contributed by atoms with Crippen LogP contribution in [0.15, 0.2) is 30.5 Å². The van der Waals surface area contributed by atoms with E-state index in [-0.39, 0.29) is 5.91 Å². The van der Waals surface area contributed by atoms with Crippen LogP contribution in [0, 0.1) is 0 Å². The lowest BCUT2D eigenvalue weighted by Gasteiger charge is -2.36. The van der Waals surface area contributed by atoms with Crippen LogP contribution in [0.2, 0.25) is 0 Å². The minimum Gasteiger partial charge on any atom is -0.491 e. The molecule has 4 heterocycles. The molecule has 0 radical (unpaired) electrons. The third kappa shape index (κ3) is 4.61. The molecule has 31 heavy (non-hydrogen) atoms. The number of ether oxygens (including phenoxy) is 2. The summed E-state index contributed by atoms with van der Waals surface area (Å²) in [5, 5.41) is 2.90. The maximum absolute atomic E-state index is 11.6. The van der Waals surface area contributed by atoms with E-state index >= 15 is 0 Å². The summed E-state index contributed by atoms with van der Waals surface area (Å²) in [5.41, 5.74) is 4.53. The maximum atomic E-state index is 11.6. The van der Waals surface area contributed by atoms with E-state index in [0.29, 0.717) is 18.9 Å². The van der Waals surface area contributed by atoms with Gasteiger partial charge in [-0.15, -0.1) is 0 Å². The molecule has 1 fully saturated rings. The van der Waals surface area contributed by atoms with Gasteiger partial charge in [0.05, 0.1) is 24.6 Å². The summed E-state index contributed by atoms with van der Waals surface area (Å²) in [6, 6.07) is 8.37. The molecule has 1 saturated heterocycles. The number of aromatic nitrogens is 1. The van der Waals surface area contributed by atoms with Crippen LogP contribution in [0.25, 0.3) is 0 Å². The molecule has 5 rings (SSSR count). The largest absolute Gasteiger partial charge is 0.491 e. The monoisotopic (exact) mass is 422 g/mol. The minimum atomic E-state index is 0.0638. The first kappa shape index (κ1) is 20.1. The Bertz CT molecular complexity index is 940. The summed E-state index contributed by atoms with van der Waals surface area (Å²) < 4.78 is 11.7. The Kier molecular flexibility index (Phi) is 5.93. The van der Waals surface area contributed by atoms with Crippen LogP contribution in [0.3, 0.4) is 0 Å². The van der Waals surface area contributed by atoms with Gasteiger partial charge in [-0.1, -0.05) is 12.1 Å². The van der Waals surface area contributed by atoms with E-state index in [2.05, 4.69) is 38.3 Å². The predicted octanol–water partition coefficient (Wildman–Crippen LogP) is 2.88. The second-order valence-electron chi connectivity index (χ2n) is 8.48. The lowest BCUT2D eigenvalue weighted by atomic mass is 10.1. The fraction of sp³-hybridized carbons (Fsp3) is 0.500. The second kappa shape index (κ2) is 9.14. The number of carbonyl (C=O) groups excluding carboxylic acids is 1. The van der Waals surface area contributed by atoms with Gasteiger partial charge in [0.2, 0.25) is 11.8 Å². The molecule has 0 aliphatic carbocycles. The van der Waals surface area contributed by atoms with E-state index in [0.717, 1.165) is 82.0 Å². The van der Waals surface area contributed by atoms with Gasteiger partial charge in [0.15, 0.2) is 0 Å². The van der Waals surface area contributed by atoms with Gasteiger partial charge in [0.25, 0.3) is 0 Å². The molecule has 3 aliphatic heterocycles. The topological polar surface area (TPSA) is 66.9 Å². The average Bonchev–Trinajstić information content (AvgIpc) is 3.28. The van der Waals surface area contributed by atoms with Crippen molar-refractivity contribution in [1.82, 2.24) is 9.88 Å². The number of para-hydroxylation sites is 1. The normalized spacial score (nSPS) is 18.2. The standard InChI is InChI=1S/C24H30N4O3/c29-22-7-6-19-17-25-23(16-20(19)26-22)30-14-2-1-9-27-10-12-28(13-11-27)21-5-3-4-18-8-15-31-24(18)21/h3-5,16-17H,1-2,6-15H2,(H,26,29). The number of hydrogen-bond donors (Lipinski definition) is 1. The third-order valence-electron chi connectivity index (χ3n) is 6.38. The second-order valence-corrected chi connectivity index (χ2v) is 8.48. The van der Waals surface area contributed by atoms with Crippen molar-refractivity contribution in [3.63, 3.8) is 0 Å². The van der Waals surface area contributed by atoms with Crippen molar-refractivity contribution in [2.24, 2.45) is 0 Å². The smallest absolute Gasteiger partial charge is 0.224 e. The molecule has 0 bridgehead atoms. The minimum absolute atomic E-state index is 0.0638. The van der Waals surface area contributed by atoms with E-state index in [4.69, 9.17) is 9.47 Å². The van der Waals surface area contributed by atoms with Gasteiger partial charge in [-0.3, -0.25) is 9.69 Å². The van der Waals surface area contributed by atoms with Crippen molar-refractivity contribution in [3.05, 3.63) is 41.6 Å². The highest BCUT2D eigenvalue weighted by Crippen LogP contribution is 2.36. The number of anilines is 2. The fourth-order valence-electron chi connectivity index (χ4n) is 4.59. The van der Waals surface area contributed by atoms with Gasteiger partial charge in [-0.25, -0.2) is 4.98 Å². The zero-order chi connectivity index (χ0) is 21.0. The van der Waals surface area contributed by atoms with E-state index in [1.165, 1.54) is 11.3 Å². The molecule has 7 nitrogen and oxygen atoms in total. The Morgan fingerprint density at radius 3 is 2.87 bits per heavy atom. The van der Waals surface area contributed by atoms with Gasteiger partial charge in [-0.2, -0.15) is 0 Å².